The number of hydrogen-bond acceptors (Lipinski definition) is 3. The zero-order valence-corrected chi connectivity index (χ0v) is 12.4. The number of piperidine rings is 1. The van der Waals surface area contributed by atoms with E-state index in [0.717, 1.165) is 5.56 Å². The van der Waals surface area contributed by atoms with Crippen LogP contribution in [0.25, 0.3) is 0 Å². The summed E-state index contributed by atoms with van der Waals surface area (Å²) in [7, 11) is 1.58. The number of likely N-dealkylation sites (tertiary alicyclic amines) is 1. The number of nitrogens with zero attached hydrogens (tertiary/aromatic N) is 1. The molecule has 1 aliphatic heterocycles. The lowest BCUT2D eigenvalue weighted by molar-refractivity contribution is -0.121. The van der Waals surface area contributed by atoms with Gasteiger partial charge in [-0.1, -0.05) is 6.07 Å². The van der Waals surface area contributed by atoms with E-state index in [1.807, 2.05) is 25.1 Å². The maximum atomic E-state index is 12.3. The van der Waals surface area contributed by atoms with Crippen LogP contribution in [0.4, 0.5) is 10.5 Å². The van der Waals surface area contributed by atoms with Crippen LogP contribution in [0.3, 0.4) is 0 Å². The molecule has 2 rings (SSSR count). The van der Waals surface area contributed by atoms with Crippen molar-refractivity contribution in [2.24, 2.45) is 11.7 Å². The van der Waals surface area contributed by atoms with Crippen LogP contribution in [0.2, 0.25) is 0 Å². The number of carbonyl (C=O) groups excluding carboxylic acids is 2. The molecule has 0 saturated carbocycles. The van der Waals surface area contributed by atoms with Crippen molar-refractivity contribution in [3.63, 3.8) is 0 Å². The second-order valence-corrected chi connectivity index (χ2v) is 5.29. The molecule has 3 N–H and O–H groups in total. The van der Waals surface area contributed by atoms with Gasteiger partial charge in [0.05, 0.1) is 12.8 Å². The van der Waals surface area contributed by atoms with Gasteiger partial charge >= 0.3 is 6.03 Å². The number of rotatable bonds is 3. The van der Waals surface area contributed by atoms with Gasteiger partial charge < -0.3 is 20.7 Å². The van der Waals surface area contributed by atoms with E-state index in [4.69, 9.17) is 10.5 Å². The third-order valence-electron chi connectivity index (χ3n) is 3.79. The van der Waals surface area contributed by atoms with Crippen LogP contribution < -0.4 is 15.8 Å². The normalized spacial score (nSPS) is 15.6. The molecule has 6 nitrogen and oxygen atoms in total. The van der Waals surface area contributed by atoms with E-state index >= 15 is 0 Å². The van der Waals surface area contributed by atoms with Crippen LogP contribution in [-0.2, 0) is 4.79 Å². The molecule has 6 heteroatoms. The molecule has 0 atom stereocenters. The number of nitrogens with two attached hydrogens (primary N) is 1. The smallest absolute Gasteiger partial charge is 0.314 e. The van der Waals surface area contributed by atoms with Crippen molar-refractivity contribution >= 4 is 17.6 Å². The number of nitrogens with one attached hydrogen (secondary N) is 1. The van der Waals surface area contributed by atoms with Crippen LogP contribution in [0.15, 0.2) is 18.2 Å². The van der Waals surface area contributed by atoms with Crippen molar-refractivity contribution in [2.75, 3.05) is 25.5 Å². The van der Waals surface area contributed by atoms with E-state index in [-0.39, 0.29) is 11.8 Å². The first-order valence-electron chi connectivity index (χ1n) is 7.01. The molecule has 1 heterocycles. The lowest BCUT2D eigenvalue weighted by Gasteiger charge is -2.30. The Hall–Kier alpha value is -2.24. The Morgan fingerprint density at radius 1 is 1.33 bits per heavy atom. The van der Waals surface area contributed by atoms with E-state index in [2.05, 4.69) is 5.32 Å². The number of urea groups is 1. The highest BCUT2D eigenvalue weighted by atomic mass is 16.5. The molecule has 1 fully saturated rings. The summed E-state index contributed by atoms with van der Waals surface area (Å²) in [5.41, 5.74) is 6.97. The second kappa shape index (κ2) is 6.47. The molecule has 0 bridgehead atoms. The van der Waals surface area contributed by atoms with Crippen molar-refractivity contribution in [1.82, 2.24) is 4.90 Å². The number of amides is 3. The summed E-state index contributed by atoms with van der Waals surface area (Å²) < 4.78 is 5.25. The first-order valence-corrected chi connectivity index (χ1v) is 7.01. The van der Waals surface area contributed by atoms with Crippen LogP contribution in [0, 0.1) is 12.8 Å². The molecule has 0 aliphatic carbocycles. The van der Waals surface area contributed by atoms with Gasteiger partial charge in [0.15, 0.2) is 0 Å². The van der Waals surface area contributed by atoms with Crippen molar-refractivity contribution in [2.45, 2.75) is 19.8 Å². The standard InChI is InChI=1S/C15H21N3O3/c1-10-3-4-13(21-2)12(9-10)17-14(19)11-5-7-18(8-6-11)15(16)20/h3-4,9,11H,5-8H2,1-2H3,(H2,16,20)(H,17,19). The van der Waals surface area contributed by atoms with Gasteiger partial charge in [0.2, 0.25) is 5.91 Å². The zero-order chi connectivity index (χ0) is 15.4. The van der Waals surface area contributed by atoms with E-state index < -0.39 is 6.03 Å². The molecular formula is C15H21N3O3. The third kappa shape index (κ3) is 3.65. The number of hydrogen-bond donors (Lipinski definition) is 2. The topological polar surface area (TPSA) is 84.7 Å². The number of primary amides is 1. The van der Waals surface area contributed by atoms with Crippen LogP contribution >= 0.6 is 0 Å². The lowest BCUT2D eigenvalue weighted by Crippen LogP contribution is -2.43. The Bertz CT molecular complexity index is 537. The van der Waals surface area contributed by atoms with Gasteiger partial charge in [-0.2, -0.15) is 0 Å². The Morgan fingerprint density at radius 3 is 2.57 bits per heavy atom. The summed E-state index contributed by atoms with van der Waals surface area (Å²) >= 11 is 0. The summed E-state index contributed by atoms with van der Waals surface area (Å²) in [4.78, 5) is 25.0. The summed E-state index contributed by atoms with van der Waals surface area (Å²) in [6.07, 6.45) is 1.26. The number of ether oxygens (including phenoxy) is 1. The largest absolute Gasteiger partial charge is 0.495 e. The summed E-state index contributed by atoms with van der Waals surface area (Å²) in [6.45, 7) is 3.01. The molecular weight excluding hydrogens is 270 g/mol. The number of anilines is 1. The molecule has 0 unspecified atom stereocenters. The number of carbonyl (C=O) groups is 2. The maximum absolute atomic E-state index is 12.3. The zero-order valence-electron chi connectivity index (χ0n) is 12.4. The van der Waals surface area contributed by atoms with Crippen LogP contribution in [-0.4, -0.2) is 37.0 Å². The predicted molar refractivity (Wildman–Crippen MR) is 80.2 cm³/mol. The van der Waals surface area contributed by atoms with E-state index in [9.17, 15) is 9.59 Å². The highest BCUT2D eigenvalue weighted by molar-refractivity contribution is 5.94. The minimum Gasteiger partial charge on any atom is -0.495 e. The Balaban J connectivity index is 1.99. The number of benzene rings is 1. The average molecular weight is 291 g/mol. The van der Waals surface area contributed by atoms with Crippen LogP contribution in [0.1, 0.15) is 18.4 Å². The number of methoxy groups -OCH3 is 1. The van der Waals surface area contributed by atoms with Gasteiger partial charge in [0, 0.05) is 19.0 Å². The molecule has 3 amide bonds. The molecule has 1 aromatic carbocycles. The van der Waals surface area contributed by atoms with Gasteiger partial charge in [0.1, 0.15) is 5.75 Å². The van der Waals surface area contributed by atoms with Crippen molar-refractivity contribution in [1.29, 1.82) is 0 Å². The predicted octanol–water partition coefficient (Wildman–Crippen LogP) is 1.73. The summed E-state index contributed by atoms with van der Waals surface area (Å²) in [5.74, 6) is 0.498. The van der Waals surface area contributed by atoms with Gasteiger partial charge in [-0.15, -0.1) is 0 Å². The van der Waals surface area contributed by atoms with Crippen molar-refractivity contribution in [3.05, 3.63) is 23.8 Å². The van der Waals surface area contributed by atoms with E-state index in [1.165, 1.54) is 0 Å². The second-order valence-electron chi connectivity index (χ2n) is 5.29. The first kappa shape index (κ1) is 15.2. The fourth-order valence-electron chi connectivity index (χ4n) is 2.52. The Labute approximate surface area is 124 Å². The van der Waals surface area contributed by atoms with E-state index in [0.29, 0.717) is 37.4 Å². The molecule has 21 heavy (non-hydrogen) atoms. The van der Waals surface area contributed by atoms with E-state index in [1.54, 1.807) is 12.0 Å². The molecule has 0 aromatic heterocycles. The maximum Gasteiger partial charge on any atom is 0.314 e. The summed E-state index contributed by atoms with van der Waals surface area (Å²) in [6, 6.07) is 5.23. The van der Waals surface area contributed by atoms with Crippen molar-refractivity contribution in [3.8, 4) is 5.75 Å². The van der Waals surface area contributed by atoms with Gasteiger partial charge in [-0.25, -0.2) is 4.79 Å². The average Bonchev–Trinajstić information content (AvgIpc) is 2.47. The monoisotopic (exact) mass is 291 g/mol. The first-order chi connectivity index (χ1) is 10.0. The number of aryl methyl sites for hydroxylation is 1. The molecule has 1 saturated heterocycles. The SMILES string of the molecule is COc1ccc(C)cc1NC(=O)C1CCN(C(N)=O)CC1. The summed E-state index contributed by atoms with van der Waals surface area (Å²) in [5, 5.41) is 2.92. The fourth-order valence-corrected chi connectivity index (χ4v) is 2.52. The molecule has 0 spiro atoms. The lowest BCUT2D eigenvalue weighted by atomic mass is 9.96. The Morgan fingerprint density at radius 2 is 2.00 bits per heavy atom. The highest BCUT2D eigenvalue weighted by Gasteiger charge is 2.26. The van der Waals surface area contributed by atoms with Gasteiger partial charge in [-0.3, -0.25) is 4.79 Å². The quantitative estimate of drug-likeness (QED) is 0.889. The minimum atomic E-state index is -0.422. The van der Waals surface area contributed by atoms with Gasteiger partial charge in [-0.05, 0) is 37.5 Å². The van der Waals surface area contributed by atoms with Crippen LogP contribution in [0.5, 0.6) is 5.75 Å². The van der Waals surface area contributed by atoms with Crippen molar-refractivity contribution < 1.29 is 14.3 Å². The molecule has 0 radical (unpaired) electrons. The van der Waals surface area contributed by atoms with Gasteiger partial charge in [0.25, 0.3) is 0 Å². The Kier molecular flexibility index (Phi) is 4.67. The molecule has 1 aliphatic rings. The highest BCUT2D eigenvalue weighted by Crippen LogP contribution is 2.27. The molecule has 114 valence electrons. The minimum absolute atomic E-state index is 0.0389. The third-order valence-corrected chi connectivity index (χ3v) is 3.79. The fraction of sp³-hybridized carbons (Fsp3) is 0.467. The molecule has 1 aromatic rings.